The third-order valence-corrected chi connectivity index (χ3v) is 5.58. The minimum Gasteiger partial charge on any atom is -0.315 e. The average Bonchev–Trinajstić information content (AvgIpc) is 2.58. The number of hydrogen-bond acceptors (Lipinski definition) is 5. The molecule has 94 valence electrons. The van der Waals surface area contributed by atoms with Crippen LogP contribution >= 0.6 is 11.3 Å². The van der Waals surface area contributed by atoms with Crippen LogP contribution in [0, 0.1) is 24.2 Å². The molecular weight excluding hydrogens is 262 g/mol. The first kappa shape index (κ1) is 13.9. The molecule has 1 rings (SSSR count). The molecule has 0 saturated carbocycles. The van der Waals surface area contributed by atoms with Crippen LogP contribution in [0.1, 0.15) is 12.6 Å². The Bertz CT molecular complexity index is 594. The third kappa shape index (κ3) is 2.94. The monoisotopic (exact) mass is 275 g/mol. The van der Waals surface area contributed by atoms with Crippen molar-refractivity contribution >= 4 is 21.4 Å². The van der Waals surface area contributed by atoms with Gasteiger partial charge in [-0.3, -0.25) is 4.79 Å². The van der Waals surface area contributed by atoms with Gasteiger partial charge in [-0.15, -0.1) is 0 Å². The van der Waals surface area contributed by atoms with Crippen LogP contribution in [0.2, 0.25) is 0 Å². The first-order chi connectivity index (χ1) is 7.78. The van der Waals surface area contributed by atoms with E-state index >= 15 is 0 Å². The first-order valence-electron chi connectivity index (χ1n) is 4.84. The highest BCUT2D eigenvalue weighted by atomic mass is 32.2. The Morgan fingerprint density at radius 2 is 2.18 bits per heavy atom. The highest BCUT2D eigenvalue weighted by Gasteiger charge is 2.26. The van der Waals surface area contributed by atoms with Crippen LogP contribution in [-0.4, -0.2) is 31.3 Å². The number of aryl methyl sites for hydroxylation is 1. The molecular formula is C9H13N3O3S2. The van der Waals surface area contributed by atoms with Crippen LogP contribution in [0.3, 0.4) is 0 Å². The minimum absolute atomic E-state index is 0.00939. The lowest BCUT2D eigenvalue weighted by atomic mass is 10.2. The fraction of sp³-hybridized carbons (Fsp3) is 0.556. The summed E-state index contributed by atoms with van der Waals surface area (Å²) in [4.78, 5) is 13.1. The molecule has 8 heteroatoms. The molecule has 0 amide bonds. The van der Waals surface area contributed by atoms with E-state index in [0.717, 1.165) is 4.31 Å². The van der Waals surface area contributed by atoms with E-state index < -0.39 is 20.8 Å². The Morgan fingerprint density at radius 1 is 1.59 bits per heavy atom. The van der Waals surface area contributed by atoms with Gasteiger partial charge in [0.15, 0.2) is 4.21 Å². The highest BCUT2D eigenvalue weighted by molar-refractivity contribution is 7.91. The van der Waals surface area contributed by atoms with Crippen molar-refractivity contribution in [1.82, 2.24) is 9.29 Å². The Hall–Kier alpha value is -1.17. The van der Waals surface area contributed by atoms with Crippen LogP contribution < -0.4 is 4.87 Å². The molecule has 1 atom stereocenters. The van der Waals surface area contributed by atoms with Crippen molar-refractivity contribution in [2.24, 2.45) is 5.92 Å². The first-order valence-corrected chi connectivity index (χ1v) is 7.10. The molecule has 1 unspecified atom stereocenters. The molecule has 1 heterocycles. The number of nitrogens with one attached hydrogen (secondary N) is 1. The van der Waals surface area contributed by atoms with E-state index in [0.29, 0.717) is 17.0 Å². The molecule has 0 fully saturated rings. The van der Waals surface area contributed by atoms with Crippen molar-refractivity contribution in [1.29, 1.82) is 5.26 Å². The molecule has 0 aromatic carbocycles. The summed E-state index contributed by atoms with van der Waals surface area (Å²) in [6.45, 7) is 3.27. The molecule has 1 aromatic heterocycles. The molecule has 0 saturated heterocycles. The van der Waals surface area contributed by atoms with E-state index in [9.17, 15) is 13.2 Å². The zero-order valence-corrected chi connectivity index (χ0v) is 11.4. The predicted molar refractivity (Wildman–Crippen MR) is 64.3 cm³/mol. The normalized spacial score (nSPS) is 13.6. The number of hydrogen-bond donors (Lipinski definition) is 1. The van der Waals surface area contributed by atoms with E-state index in [1.54, 1.807) is 6.92 Å². The minimum atomic E-state index is -3.68. The molecule has 1 aromatic rings. The topological polar surface area (TPSA) is 94.0 Å². The molecule has 0 aliphatic heterocycles. The van der Waals surface area contributed by atoms with E-state index in [4.69, 9.17) is 5.26 Å². The lowest BCUT2D eigenvalue weighted by molar-refractivity contribution is 0.440. The number of thiazole rings is 1. The molecule has 0 bridgehead atoms. The van der Waals surface area contributed by atoms with Crippen LogP contribution in [0.25, 0.3) is 0 Å². The number of aromatic nitrogens is 1. The third-order valence-electron chi connectivity index (χ3n) is 2.18. The van der Waals surface area contributed by atoms with E-state index in [1.165, 1.54) is 14.0 Å². The second-order valence-corrected chi connectivity index (χ2v) is 6.97. The number of aromatic amines is 1. The molecule has 0 aliphatic carbocycles. The zero-order chi connectivity index (χ0) is 13.2. The molecule has 17 heavy (non-hydrogen) atoms. The Morgan fingerprint density at radius 3 is 2.59 bits per heavy atom. The van der Waals surface area contributed by atoms with Crippen molar-refractivity contribution in [3.8, 4) is 6.07 Å². The summed E-state index contributed by atoms with van der Waals surface area (Å²) in [5.41, 5.74) is 0.330. The summed E-state index contributed by atoms with van der Waals surface area (Å²) in [7, 11) is -2.29. The van der Waals surface area contributed by atoms with Gasteiger partial charge >= 0.3 is 4.87 Å². The SMILES string of the molecule is Cc1[nH]c(=O)sc1S(=O)(=O)N(C)CC(C)C#N. The van der Waals surface area contributed by atoms with Crippen LogP contribution in [0.15, 0.2) is 9.00 Å². The van der Waals surface area contributed by atoms with Gasteiger partial charge in [-0.25, -0.2) is 8.42 Å². The summed E-state index contributed by atoms with van der Waals surface area (Å²) < 4.78 is 25.3. The maximum Gasteiger partial charge on any atom is 0.305 e. The fourth-order valence-electron chi connectivity index (χ4n) is 1.30. The second kappa shape index (κ2) is 5.00. The zero-order valence-electron chi connectivity index (χ0n) is 9.72. The largest absolute Gasteiger partial charge is 0.315 e. The summed E-state index contributed by atoms with van der Waals surface area (Å²) in [6, 6.07) is 1.97. The van der Waals surface area contributed by atoms with Gasteiger partial charge in [0.1, 0.15) is 0 Å². The number of nitriles is 1. The van der Waals surface area contributed by atoms with Gasteiger partial charge in [0.05, 0.1) is 12.0 Å². The molecule has 0 spiro atoms. The summed E-state index contributed by atoms with van der Waals surface area (Å²) >= 11 is 0.661. The smallest absolute Gasteiger partial charge is 0.305 e. The summed E-state index contributed by atoms with van der Waals surface area (Å²) in [5.74, 6) is -0.397. The maximum absolute atomic E-state index is 12.1. The van der Waals surface area contributed by atoms with Gasteiger partial charge in [0, 0.05) is 19.3 Å². The van der Waals surface area contributed by atoms with Gasteiger partial charge in [-0.1, -0.05) is 11.3 Å². The van der Waals surface area contributed by atoms with E-state index in [2.05, 4.69) is 4.98 Å². The Labute approximate surface area is 104 Å². The molecule has 0 radical (unpaired) electrons. The maximum atomic E-state index is 12.1. The Balaban J connectivity index is 3.08. The molecule has 0 aliphatic rings. The molecule has 6 nitrogen and oxygen atoms in total. The van der Waals surface area contributed by atoms with Gasteiger partial charge in [-0.2, -0.15) is 9.57 Å². The predicted octanol–water partition coefficient (Wildman–Crippen LogP) is 0.525. The lowest BCUT2D eigenvalue weighted by Gasteiger charge is -2.17. The van der Waals surface area contributed by atoms with Crippen molar-refractivity contribution in [2.45, 2.75) is 18.1 Å². The summed E-state index contributed by atoms with van der Waals surface area (Å²) in [6.07, 6.45) is 0. The lowest BCUT2D eigenvalue weighted by Crippen LogP contribution is -2.30. The van der Waals surface area contributed by atoms with Crippen molar-refractivity contribution in [2.75, 3.05) is 13.6 Å². The van der Waals surface area contributed by atoms with Crippen molar-refractivity contribution in [3.05, 3.63) is 15.4 Å². The van der Waals surface area contributed by atoms with Gasteiger partial charge in [0.25, 0.3) is 10.0 Å². The van der Waals surface area contributed by atoms with Gasteiger partial charge in [-0.05, 0) is 13.8 Å². The average molecular weight is 275 g/mol. The van der Waals surface area contributed by atoms with Gasteiger partial charge in [0.2, 0.25) is 0 Å². The molecule has 1 N–H and O–H groups in total. The van der Waals surface area contributed by atoms with Crippen molar-refractivity contribution in [3.63, 3.8) is 0 Å². The number of rotatable bonds is 4. The fourth-order valence-corrected chi connectivity index (χ4v) is 4.05. The van der Waals surface area contributed by atoms with E-state index in [1.807, 2.05) is 6.07 Å². The highest BCUT2D eigenvalue weighted by Crippen LogP contribution is 2.20. The Kier molecular flexibility index (Phi) is 4.08. The van der Waals surface area contributed by atoms with E-state index in [-0.39, 0.29) is 10.8 Å². The second-order valence-electron chi connectivity index (χ2n) is 3.74. The van der Waals surface area contributed by atoms with Crippen molar-refractivity contribution < 1.29 is 8.42 Å². The quantitative estimate of drug-likeness (QED) is 0.867. The number of H-pyrrole nitrogens is 1. The van der Waals surface area contributed by atoms with Crippen LogP contribution in [-0.2, 0) is 10.0 Å². The number of nitrogens with zero attached hydrogens (tertiary/aromatic N) is 2. The number of sulfonamides is 1. The van der Waals surface area contributed by atoms with Gasteiger partial charge < -0.3 is 4.98 Å². The summed E-state index contributed by atoms with van der Waals surface area (Å²) in [5, 5.41) is 8.65. The van der Waals surface area contributed by atoms with Crippen LogP contribution in [0.4, 0.5) is 0 Å². The van der Waals surface area contributed by atoms with Crippen LogP contribution in [0.5, 0.6) is 0 Å². The standard InChI is InChI=1S/C9H13N3O3S2/c1-6(4-10)5-12(3)17(14,15)8-7(2)11-9(13)16-8/h6H,5H2,1-3H3,(H,11,13).